The lowest BCUT2D eigenvalue weighted by Gasteiger charge is -2.15. The standard InChI is InChI=1S/C14H11Br2IO/c1-18-13-6-5-10(15)8-12(13)14(16)9-3-2-4-11(17)7-9/h2-8,14H,1H3. The van der Waals surface area contributed by atoms with E-state index < -0.39 is 0 Å². The van der Waals surface area contributed by atoms with Crippen molar-refractivity contribution in [3.63, 3.8) is 0 Å². The Kier molecular flexibility index (Phi) is 5.09. The molecule has 18 heavy (non-hydrogen) atoms. The zero-order valence-electron chi connectivity index (χ0n) is 9.66. The maximum atomic E-state index is 5.42. The highest BCUT2D eigenvalue weighted by Crippen LogP contribution is 2.38. The van der Waals surface area contributed by atoms with E-state index in [1.54, 1.807) is 7.11 Å². The minimum absolute atomic E-state index is 0.125. The average Bonchev–Trinajstić information content (AvgIpc) is 2.38. The number of alkyl halides is 1. The number of halogens is 3. The molecule has 0 aliphatic rings. The molecule has 0 aromatic heterocycles. The van der Waals surface area contributed by atoms with Crippen LogP contribution in [0.4, 0.5) is 0 Å². The van der Waals surface area contributed by atoms with E-state index >= 15 is 0 Å². The lowest BCUT2D eigenvalue weighted by molar-refractivity contribution is 0.410. The van der Waals surface area contributed by atoms with Crippen LogP contribution in [0.2, 0.25) is 0 Å². The van der Waals surface area contributed by atoms with Crippen LogP contribution < -0.4 is 4.74 Å². The quantitative estimate of drug-likeness (QED) is 0.413. The minimum Gasteiger partial charge on any atom is -0.496 e. The summed E-state index contributed by atoms with van der Waals surface area (Å²) < 4.78 is 7.70. The van der Waals surface area contributed by atoms with Crippen LogP contribution in [0, 0.1) is 3.57 Å². The van der Waals surface area contributed by atoms with Crippen molar-refractivity contribution in [2.45, 2.75) is 4.83 Å². The summed E-state index contributed by atoms with van der Waals surface area (Å²) in [6.45, 7) is 0. The van der Waals surface area contributed by atoms with Gasteiger partial charge in [-0.3, -0.25) is 0 Å². The van der Waals surface area contributed by atoms with Gasteiger partial charge < -0.3 is 4.74 Å². The first-order valence-electron chi connectivity index (χ1n) is 5.35. The molecule has 0 saturated carbocycles. The highest BCUT2D eigenvalue weighted by molar-refractivity contribution is 14.1. The molecule has 0 saturated heterocycles. The predicted octanol–water partition coefficient (Wildman–Crippen LogP) is 5.55. The average molecular weight is 482 g/mol. The van der Waals surface area contributed by atoms with Gasteiger partial charge in [-0.15, -0.1) is 0 Å². The largest absolute Gasteiger partial charge is 0.496 e. The molecule has 2 rings (SSSR count). The summed E-state index contributed by atoms with van der Waals surface area (Å²) in [7, 11) is 1.70. The van der Waals surface area contributed by atoms with E-state index in [9.17, 15) is 0 Å². The molecule has 0 aliphatic carbocycles. The molecular weight excluding hydrogens is 471 g/mol. The summed E-state index contributed by atoms with van der Waals surface area (Å²) in [5.74, 6) is 0.888. The fourth-order valence-corrected chi connectivity index (χ4v) is 3.34. The zero-order chi connectivity index (χ0) is 13.1. The van der Waals surface area contributed by atoms with Gasteiger partial charge >= 0.3 is 0 Å². The fraction of sp³-hybridized carbons (Fsp3) is 0.143. The maximum Gasteiger partial charge on any atom is 0.123 e. The van der Waals surface area contributed by atoms with Crippen LogP contribution in [0.15, 0.2) is 46.9 Å². The molecule has 1 nitrogen and oxygen atoms in total. The summed E-state index contributed by atoms with van der Waals surface area (Å²) in [6.07, 6.45) is 0. The predicted molar refractivity (Wildman–Crippen MR) is 90.6 cm³/mol. The van der Waals surface area contributed by atoms with E-state index in [0.29, 0.717) is 0 Å². The van der Waals surface area contributed by atoms with Crippen molar-refractivity contribution in [3.8, 4) is 5.75 Å². The summed E-state index contributed by atoms with van der Waals surface area (Å²) >= 11 is 9.57. The number of rotatable bonds is 3. The molecule has 0 bridgehead atoms. The van der Waals surface area contributed by atoms with Gasteiger partial charge in [-0.2, -0.15) is 0 Å². The highest BCUT2D eigenvalue weighted by atomic mass is 127. The number of ether oxygens (including phenoxy) is 1. The monoisotopic (exact) mass is 480 g/mol. The number of methoxy groups -OCH3 is 1. The summed E-state index contributed by atoms with van der Waals surface area (Å²) in [4.78, 5) is 0.125. The van der Waals surface area contributed by atoms with Crippen LogP contribution in [0.1, 0.15) is 16.0 Å². The van der Waals surface area contributed by atoms with Gasteiger partial charge in [0.15, 0.2) is 0 Å². The Morgan fingerprint density at radius 3 is 2.61 bits per heavy atom. The van der Waals surface area contributed by atoms with Crippen LogP contribution >= 0.6 is 54.5 Å². The van der Waals surface area contributed by atoms with Crippen molar-refractivity contribution in [2.24, 2.45) is 0 Å². The Morgan fingerprint density at radius 1 is 1.17 bits per heavy atom. The molecule has 0 N–H and O–H groups in total. The highest BCUT2D eigenvalue weighted by Gasteiger charge is 2.15. The fourth-order valence-electron chi connectivity index (χ4n) is 1.75. The van der Waals surface area contributed by atoms with Crippen molar-refractivity contribution < 1.29 is 4.74 Å². The first kappa shape index (κ1) is 14.3. The molecule has 0 aliphatic heterocycles. The van der Waals surface area contributed by atoms with Gasteiger partial charge in [-0.05, 0) is 58.5 Å². The van der Waals surface area contributed by atoms with Crippen molar-refractivity contribution in [2.75, 3.05) is 7.11 Å². The second kappa shape index (κ2) is 6.39. The van der Waals surface area contributed by atoms with Gasteiger partial charge in [0.1, 0.15) is 5.75 Å². The first-order chi connectivity index (χ1) is 8.61. The van der Waals surface area contributed by atoms with Crippen LogP contribution in [-0.2, 0) is 0 Å². The molecule has 0 spiro atoms. The lowest BCUT2D eigenvalue weighted by Crippen LogP contribution is -1.97. The third-order valence-electron chi connectivity index (χ3n) is 2.61. The lowest BCUT2D eigenvalue weighted by atomic mass is 10.0. The smallest absolute Gasteiger partial charge is 0.123 e. The Morgan fingerprint density at radius 2 is 1.94 bits per heavy atom. The SMILES string of the molecule is COc1ccc(Br)cc1C(Br)c1cccc(I)c1. The summed E-state index contributed by atoms with van der Waals surface area (Å²) in [5.41, 5.74) is 2.34. The van der Waals surface area contributed by atoms with Crippen LogP contribution in [0.25, 0.3) is 0 Å². The molecule has 4 heteroatoms. The van der Waals surface area contributed by atoms with Crippen LogP contribution in [0.5, 0.6) is 5.75 Å². The molecule has 2 aromatic carbocycles. The van der Waals surface area contributed by atoms with Crippen molar-refractivity contribution in [1.82, 2.24) is 0 Å². The summed E-state index contributed by atoms with van der Waals surface area (Å²) in [6, 6.07) is 14.5. The maximum absolute atomic E-state index is 5.42. The summed E-state index contributed by atoms with van der Waals surface area (Å²) in [5, 5.41) is 0. The third-order valence-corrected chi connectivity index (χ3v) is 4.79. The topological polar surface area (TPSA) is 9.23 Å². The Bertz CT molecular complexity index is 557. The van der Waals surface area contributed by atoms with E-state index in [1.165, 1.54) is 9.13 Å². The molecule has 0 amide bonds. The number of hydrogen-bond donors (Lipinski definition) is 0. The van der Waals surface area contributed by atoms with Crippen molar-refractivity contribution >= 4 is 54.5 Å². The van der Waals surface area contributed by atoms with E-state index in [1.807, 2.05) is 12.1 Å². The van der Waals surface area contributed by atoms with E-state index in [-0.39, 0.29) is 4.83 Å². The molecular formula is C14H11Br2IO. The molecule has 0 radical (unpaired) electrons. The molecule has 1 atom stereocenters. The van der Waals surface area contributed by atoms with Crippen LogP contribution in [-0.4, -0.2) is 7.11 Å². The number of hydrogen-bond acceptors (Lipinski definition) is 1. The Balaban J connectivity index is 2.44. The van der Waals surface area contributed by atoms with Gasteiger partial charge in [-0.1, -0.05) is 44.0 Å². The second-order valence-corrected chi connectivity index (χ2v) is 6.88. The molecule has 0 fully saturated rings. The van der Waals surface area contributed by atoms with Crippen molar-refractivity contribution in [1.29, 1.82) is 0 Å². The molecule has 0 heterocycles. The molecule has 1 unspecified atom stereocenters. The van der Waals surface area contributed by atoms with E-state index in [2.05, 4.69) is 84.8 Å². The second-order valence-electron chi connectivity index (χ2n) is 3.80. The Hall–Kier alpha value is -0.0700. The van der Waals surface area contributed by atoms with E-state index in [0.717, 1.165) is 15.8 Å². The molecule has 94 valence electrons. The van der Waals surface area contributed by atoms with Gasteiger partial charge in [-0.25, -0.2) is 0 Å². The van der Waals surface area contributed by atoms with Gasteiger partial charge in [0.25, 0.3) is 0 Å². The van der Waals surface area contributed by atoms with Gasteiger partial charge in [0, 0.05) is 13.6 Å². The zero-order valence-corrected chi connectivity index (χ0v) is 15.0. The minimum atomic E-state index is 0.125. The first-order valence-corrected chi connectivity index (χ1v) is 8.13. The van der Waals surface area contributed by atoms with Gasteiger partial charge in [0.2, 0.25) is 0 Å². The normalized spacial score (nSPS) is 12.2. The number of benzene rings is 2. The van der Waals surface area contributed by atoms with Gasteiger partial charge in [0.05, 0.1) is 11.9 Å². The van der Waals surface area contributed by atoms with E-state index in [4.69, 9.17) is 4.74 Å². The third kappa shape index (κ3) is 3.27. The molecule has 2 aromatic rings. The van der Waals surface area contributed by atoms with Crippen LogP contribution in [0.3, 0.4) is 0 Å². The van der Waals surface area contributed by atoms with Crippen molar-refractivity contribution in [3.05, 3.63) is 61.6 Å². The Labute approximate surface area is 137 Å².